The van der Waals surface area contributed by atoms with Crippen LogP contribution in [0.4, 0.5) is 0 Å². The van der Waals surface area contributed by atoms with Gasteiger partial charge in [-0.05, 0) is 28.1 Å². The van der Waals surface area contributed by atoms with Gasteiger partial charge in [-0.25, -0.2) is 0 Å². The van der Waals surface area contributed by atoms with Gasteiger partial charge in [-0.2, -0.15) is 0 Å². The normalized spacial score (nSPS) is 18.6. The van der Waals surface area contributed by atoms with Crippen molar-refractivity contribution in [3.8, 4) is 5.75 Å². The average molecular weight is 359 g/mol. The number of halogens is 1. The molecule has 1 aliphatic rings. The molecule has 1 saturated heterocycles. The second kappa shape index (κ2) is 8.70. The van der Waals surface area contributed by atoms with E-state index in [-0.39, 0.29) is 6.61 Å². The van der Waals surface area contributed by atoms with Crippen LogP contribution >= 0.6 is 15.9 Å². The Labute approximate surface area is 134 Å². The summed E-state index contributed by atoms with van der Waals surface area (Å²) in [5.74, 6) is 0.754. The summed E-state index contributed by atoms with van der Waals surface area (Å²) in [5.41, 5.74) is 0. The van der Waals surface area contributed by atoms with Gasteiger partial charge in [0, 0.05) is 39.3 Å². The Hall–Kier alpha value is -0.660. The molecule has 1 aliphatic heterocycles. The first kappa shape index (κ1) is 16.7. The molecule has 0 aliphatic carbocycles. The van der Waals surface area contributed by atoms with Crippen LogP contribution in [0.25, 0.3) is 0 Å². The number of rotatable bonds is 7. The van der Waals surface area contributed by atoms with Crippen molar-refractivity contribution < 1.29 is 14.9 Å². The molecule has 0 aromatic heterocycles. The molecule has 6 heteroatoms. The van der Waals surface area contributed by atoms with Crippen LogP contribution in [0.1, 0.15) is 0 Å². The van der Waals surface area contributed by atoms with Crippen LogP contribution < -0.4 is 4.74 Å². The van der Waals surface area contributed by atoms with Gasteiger partial charge in [-0.3, -0.25) is 9.80 Å². The minimum absolute atomic E-state index is 0.211. The topological polar surface area (TPSA) is 56.2 Å². The van der Waals surface area contributed by atoms with Crippen molar-refractivity contribution >= 4 is 15.9 Å². The third kappa shape index (κ3) is 5.56. The number of aliphatic hydroxyl groups excluding tert-OH is 2. The molecule has 118 valence electrons. The van der Waals surface area contributed by atoms with E-state index in [0.29, 0.717) is 13.2 Å². The smallest absolute Gasteiger partial charge is 0.133 e. The zero-order valence-electron chi connectivity index (χ0n) is 12.1. The molecule has 5 nitrogen and oxygen atoms in total. The predicted octanol–water partition coefficient (Wildman–Crippen LogP) is 0.799. The SMILES string of the molecule is OCCN1CCN(CC(O)COc2ccccc2Br)CC1. The van der Waals surface area contributed by atoms with Gasteiger partial charge in [0.2, 0.25) is 0 Å². The number of nitrogens with zero attached hydrogens (tertiary/aromatic N) is 2. The number of β-amino-alcohol motifs (C(OH)–C–C–N with tert-alkyl or cyclic N) is 2. The second-order valence-electron chi connectivity index (χ2n) is 5.26. The monoisotopic (exact) mass is 358 g/mol. The van der Waals surface area contributed by atoms with Crippen molar-refractivity contribution in [1.29, 1.82) is 0 Å². The highest BCUT2D eigenvalue weighted by Crippen LogP contribution is 2.23. The van der Waals surface area contributed by atoms with E-state index in [1.54, 1.807) is 0 Å². The summed E-state index contributed by atoms with van der Waals surface area (Å²) in [4.78, 5) is 4.47. The fraction of sp³-hybridized carbons (Fsp3) is 0.600. The summed E-state index contributed by atoms with van der Waals surface area (Å²) in [6, 6.07) is 7.64. The fourth-order valence-electron chi connectivity index (χ4n) is 2.44. The average Bonchev–Trinajstić information content (AvgIpc) is 2.49. The molecule has 2 N–H and O–H groups in total. The highest BCUT2D eigenvalue weighted by Gasteiger charge is 2.19. The summed E-state index contributed by atoms with van der Waals surface area (Å²) in [6.45, 7) is 5.59. The van der Waals surface area contributed by atoms with Crippen LogP contribution in [0, 0.1) is 0 Å². The lowest BCUT2D eigenvalue weighted by Gasteiger charge is -2.35. The van der Waals surface area contributed by atoms with Gasteiger partial charge in [-0.1, -0.05) is 12.1 Å². The molecule has 0 spiro atoms. The van der Waals surface area contributed by atoms with Gasteiger partial charge >= 0.3 is 0 Å². The van der Waals surface area contributed by atoms with E-state index in [2.05, 4.69) is 25.7 Å². The lowest BCUT2D eigenvalue weighted by Crippen LogP contribution is -2.49. The summed E-state index contributed by atoms with van der Waals surface area (Å²) < 4.78 is 6.53. The van der Waals surface area contributed by atoms with Crippen LogP contribution in [0.3, 0.4) is 0 Å². The number of ether oxygens (including phenoxy) is 1. The molecule has 1 atom stereocenters. The van der Waals surface area contributed by atoms with Gasteiger partial charge in [0.05, 0.1) is 11.1 Å². The van der Waals surface area contributed by atoms with Crippen LogP contribution in [-0.2, 0) is 0 Å². The molecule has 0 saturated carbocycles. The Balaban J connectivity index is 1.68. The van der Waals surface area contributed by atoms with Crippen LogP contribution in [0.5, 0.6) is 5.75 Å². The van der Waals surface area contributed by atoms with Crippen LogP contribution in [-0.4, -0.2) is 78.6 Å². The molecule has 1 aromatic rings. The van der Waals surface area contributed by atoms with E-state index in [1.807, 2.05) is 24.3 Å². The number of piperazine rings is 1. The third-order valence-corrected chi connectivity index (χ3v) is 4.27. The van der Waals surface area contributed by atoms with E-state index in [1.165, 1.54) is 0 Å². The minimum Gasteiger partial charge on any atom is -0.490 e. The lowest BCUT2D eigenvalue weighted by atomic mass is 10.2. The Morgan fingerprint density at radius 1 is 1.14 bits per heavy atom. The molecule has 0 radical (unpaired) electrons. The molecule has 1 unspecified atom stereocenters. The second-order valence-corrected chi connectivity index (χ2v) is 6.12. The van der Waals surface area contributed by atoms with Gasteiger partial charge in [0.1, 0.15) is 18.5 Å². The summed E-state index contributed by atoms with van der Waals surface area (Å²) in [5, 5.41) is 19.0. The first-order valence-electron chi connectivity index (χ1n) is 7.30. The van der Waals surface area contributed by atoms with E-state index < -0.39 is 6.10 Å². The number of benzene rings is 1. The lowest BCUT2D eigenvalue weighted by molar-refractivity contribution is 0.0427. The highest BCUT2D eigenvalue weighted by molar-refractivity contribution is 9.10. The van der Waals surface area contributed by atoms with Crippen molar-refractivity contribution in [2.45, 2.75) is 6.10 Å². The Kier molecular flexibility index (Phi) is 6.92. The van der Waals surface area contributed by atoms with Crippen molar-refractivity contribution in [2.24, 2.45) is 0 Å². The summed E-state index contributed by atoms with van der Waals surface area (Å²) >= 11 is 3.42. The summed E-state index contributed by atoms with van der Waals surface area (Å²) in [7, 11) is 0. The molecule has 0 amide bonds. The van der Waals surface area contributed by atoms with Crippen molar-refractivity contribution in [2.75, 3.05) is 52.5 Å². The molecular weight excluding hydrogens is 336 g/mol. The number of hydrogen-bond donors (Lipinski definition) is 2. The molecule has 1 aromatic carbocycles. The maximum absolute atomic E-state index is 10.1. The zero-order valence-corrected chi connectivity index (χ0v) is 13.7. The Morgan fingerprint density at radius 3 is 2.48 bits per heavy atom. The van der Waals surface area contributed by atoms with Gasteiger partial charge < -0.3 is 14.9 Å². The third-order valence-electron chi connectivity index (χ3n) is 3.62. The molecule has 1 heterocycles. The molecule has 2 rings (SSSR count). The molecular formula is C15H23BrN2O3. The maximum Gasteiger partial charge on any atom is 0.133 e. The van der Waals surface area contributed by atoms with Crippen molar-refractivity contribution in [3.63, 3.8) is 0 Å². The van der Waals surface area contributed by atoms with Crippen molar-refractivity contribution in [1.82, 2.24) is 9.80 Å². The van der Waals surface area contributed by atoms with Gasteiger partial charge in [0.15, 0.2) is 0 Å². The minimum atomic E-state index is -0.499. The van der Waals surface area contributed by atoms with E-state index in [0.717, 1.165) is 42.9 Å². The van der Waals surface area contributed by atoms with E-state index >= 15 is 0 Å². The van der Waals surface area contributed by atoms with Crippen molar-refractivity contribution in [3.05, 3.63) is 28.7 Å². The fourth-order valence-corrected chi connectivity index (χ4v) is 2.83. The highest BCUT2D eigenvalue weighted by atomic mass is 79.9. The first-order chi connectivity index (χ1) is 10.2. The number of para-hydroxylation sites is 1. The van der Waals surface area contributed by atoms with Gasteiger partial charge in [0.25, 0.3) is 0 Å². The standard InChI is InChI=1S/C15H23BrN2O3/c16-14-3-1-2-4-15(14)21-12-13(20)11-18-7-5-17(6-8-18)9-10-19/h1-4,13,19-20H,5-12H2. The molecule has 0 bridgehead atoms. The molecule has 1 fully saturated rings. The van der Waals surface area contributed by atoms with Gasteiger partial charge in [-0.15, -0.1) is 0 Å². The predicted molar refractivity (Wildman–Crippen MR) is 85.6 cm³/mol. The number of aliphatic hydroxyl groups is 2. The Bertz CT molecular complexity index is 425. The summed E-state index contributed by atoms with van der Waals surface area (Å²) in [6.07, 6.45) is -0.499. The zero-order chi connectivity index (χ0) is 15.1. The van der Waals surface area contributed by atoms with E-state index in [4.69, 9.17) is 9.84 Å². The first-order valence-corrected chi connectivity index (χ1v) is 8.09. The quantitative estimate of drug-likeness (QED) is 0.754. The maximum atomic E-state index is 10.1. The number of hydrogen-bond acceptors (Lipinski definition) is 5. The largest absolute Gasteiger partial charge is 0.490 e. The molecule has 21 heavy (non-hydrogen) atoms. The van der Waals surface area contributed by atoms with Crippen LogP contribution in [0.2, 0.25) is 0 Å². The Morgan fingerprint density at radius 2 is 1.81 bits per heavy atom. The van der Waals surface area contributed by atoms with Crippen LogP contribution in [0.15, 0.2) is 28.7 Å². The van der Waals surface area contributed by atoms with E-state index in [9.17, 15) is 5.11 Å².